The number of benzene rings is 2. The van der Waals surface area contributed by atoms with Gasteiger partial charge in [0, 0.05) is 61.6 Å². The van der Waals surface area contributed by atoms with E-state index in [9.17, 15) is 4.79 Å². The molecule has 0 aliphatic carbocycles. The number of carbonyl (C=O) groups excluding carboxylic acids is 1. The molecule has 0 bridgehead atoms. The molecule has 2 aromatic carbocycles. The van der Waals surface area contributed by atoms with Crippen molar-refractivity contribution in [2.45, 2.75) is 45.1 Å². The number of piperazine rings is 1. The van der Waals surface area contributed by atoms with Crippen LogP contribution < -0.4 is 15.1 Å². The lowest BCUT2D eigenvalue weighted by Crippen LogP contribution is -2.46. The zero-order valence-electron chi connectivity index (χ0n) is 21.5. The summed E-state index contributed by atoms with van der Waals surface area (Å²) < 4.78 is 0. The number of nitrogens with zero attached hydrogens (tertiary/aromatic N) is 4. The number of rotatable bonds is 7. The lowest BCUT2D eigenvalue weighted by atomic mass is 10.1. The maximum Gasteiger partial charge on any atom is 0.251 e. The number of hydrogen-bond acceptors (Lipinski definition) is 5. The SMILES string of the molecule is CC(CCNC(=O)c1ccc2ccnc(N3CCN(c4ccccc4)CC3)c2c1)N1CCCCCC1. The molecule has 0 saturated carbocycles. The van der Waals surface area contributed by atoms with Crippen LogP contribution in [0.15, 0.2) is 60.8 Å². The van der Waals surface area contributed by atoms with E-state index in [0.717, 1.165) is 49.2 Å². The molecule has 3 heterocycles. The smallest absolute Gasteiger partial charge is 0.251 e. The average molecular weight is 486 g/mol. The van der Waals surface area contributed by atoms with Gasteiger partial charge in [0.25, 0.3) is 5.91 Å². The van der Waals surface area contributed by atoms with Gasteiger partial charge < -0.3 is 20.0 Å². The Hall–Kier alpha value is -3.12. The average Bonchev–Trinajstić information content (AvgIpc) is 3.23. The van der Waals surface area contributed by atoms with E-state index in [0.29, 0.717) is 18.2 Å². The second-order valence-corrected chi connectivity index (χ2v) is 10.2. The van der Waals surface area contributed by atoms with Crippen molar-refractivity contribution in [1.82, 2.24) is 15.2 Å². The summed E-state index contributed by atoms with van der Waals surface area (Å²) in [6.07, 6.45) is 8.16. The van der Waals surface area contributed by atoms with Gasteiger partial charge in [-0.2, -0.15) is 0 Å². The third-order valence-corrected chi connectivity index (χ3v) is 7.82. The first-order chi connectivity index (χ1) is 17.7. The minimum Gasteiger partial charge on any atom is -0.368 e. The number of likely N-dealkylation sites (tertiary alicyclic amines) is 1. The van der Waals surface area contributed by atoms with Gasteiger partial charge in [0.05, 0.1) is 0 Å². The molecule has 1 atom stereocenters. The molecule has 5 rings (SSSR count). The summed E-state index contributed by atoms with van der Waals surface area (Å²) in [4.78, 5) is 25.1. The fourth-order valence-electron chi connectivity index (χ4n) is 5.58. The van der Waals surface area contributed by atoms with Crippen molar-refractivity contribution in [3.8, 4) is 0 Å². The third kappa shape index (κ3) is 5.81. The number of para-hydroxylation sites is 1. The normalized spacial score (nSPS) is 18.1. The van der Waals surface area contributed by atoms with Crippen LogP contribution in [-0.2, 0) is 0 Å². The number of amides is 1. The zero-order chi connectivity index (χ0) is 24.7. The van der Waals surface area contributed by atoms with Gasteiger partial charge in [0.15, 0.2) is 0 Å². The molecule has 3 aromatic rings. The number of fused-ring (bicyclic) bond motifs is 1. The maximum absolute atomic E-state index is 13.0. The van der Waals surface area contributed by atoms with Crippen molar-refractivity contribution in [2.75, 3.05) is 55.6 Å². The molecule has 2 aliphatic heterocycles. The van der Waals surface area contributed by atoms with E-state index in [4.69, 9.17) is 4.98 Å². The largest absolute Gasteiger partial charge is 0.368 e. The number of carbonyl (C=O) groups is 1. The van der Waals surface area contributed by atoms with Gasteiger partial charge in [-0.1, -0.05) is 37.1 Å². The molecule has 6 heteroatoms. The summed E-state index contributed by atoms with van der Waals surface area (Å²) in [7, 11) is 0. The quantitative estimate of drug-likeness (QED) is 0.513. The first kappa shape index (κ1) is 24.6. The second-order valence-electron chi connectivity index (χ2n) is 10.2. The Balaban J connectivity index is 1.22. The van der Waals surface area contributed by atoms with Crippen LogP contribution in [-0.4, -0.2) is 67.6 Å². The second kappa shape index (κ2) is 11.7. The lowest BCUT2D eigenvalue weighted by Gasteiger charge is -2.37. The van der Waals surface area contributed by atoms with Crippen molar-refractivity contribution < 1.29 is 4.79 Å². The molecule has 1 unspecified atom stereocenters. The van der Waals surface area contributed by atoms with E-state index in [2.05, 4.69) is 63.3 Å². The summed E-state index contributed by atoms with van der Waals surface area (Å²) in [5, 5.41) is 5.34. The standard InChI is InChI=1S/C30H39N5O/c1-24(33-17-7-2-3-8-18-33)13-15-32-30(36)26-12-11-25-14-16-31-29(28(25)23-26)35-21-19-34(20-22-35)27-9-5-4-6-10-27/h4-6,9-12,14,16,23-24H,2-3,7-8,13,15,17-22H2,1H3,(H,32,36). The van der Waals surface area contributed by atoms with E-state index < -0.39 is 0 Å². The fourth-order valence-corrected chi connectivity index (χ4v) is 5.58. The number of pyridine rings is 1. The summed E-state index contributed by atoms with van der Waals surface area (Å²) in [5.41, 5.74) is 1.98. The number of nitrogens with one attached hydrogen (secondary N) is 1. The Kier molecular flexibility index (Phi) is 8.01. The Labute approximate surface area is 215 Å². The van der Waals surface area contributed by atoms with Crippen LogP contribution >= 0.6 is 0 Å². The van der Waals surface area contributed by atoms with Crippen molar-refractivity contribution in [2.24, 2.45) is 0 Å². The van der Waals surface area contributed by atoms with Gasteiger partial charge in [-0.05, 0) is 75.0 Å². The molecule has 190 valence electrons. The van der Waals surface area contributed by atoms with Gasteiger partial charge in [-0.15, -0.1) is 0 Å². The highest BCUT2D eigenvalue weighted by molar-refractivity contribution is 6.01. The predicted octanol–water partition coefficient (Wildman–Crippen LogP) is 4.95. The van der Waals surface area contributed by atoms with Gasteiger partial charge >= 0.3 is 0 Å². The van der Waals surface area contributed by atoms with E-state index >= 15 is 0 Å². The van der Waals surface area contributed by atoms with E-state index in [1.54, 1.807) is 0 Å². The number of anilines is 2. The highest BCUT2D eigenvalue weighted by Gasteiger charge is 2.21. The van der Waals surface area contributed by atoms with Crippen LogP contribution in [0.3, 0.4) is 0 Å². The molecule has 1 aromatic heterocycles. The minimum absolute atomic E-state index is 0.00339. The van der Waals surface area contributed by atoms with Gasteiger partial charge in [0.2, 0.25) is 0 Å². The Morgan fingerprint density at radius 1 is 0.889 bits per heavy atom. The van der Waals surface area contributed by atoms with Crippen LogP contribution in [0.25, 0.3) is 10.8 Å². The van der Waals surface area contributed by atoms with Crippen molar-refractivity contribution >= 4 is 28.2 Å². The highest BCUT2D eigenvalue weighted by Crippen LogP contribution is 2.27. The molecule has 0 radical (unpaired) electrons. The zero-order valence-corrected chi connectivity index (χ0v) is 21.5. The summed E-state index contributed by atoms with van der Waals surface area (Å²) in [6, 6.07) is 19.1. The monoisotopic (exact) mass is 485 g/mol. The van der Waals surface area contributed by atoms with Gasteiger partial charge in [0.1, 0.15) is 5.82 Å². The predicted molar refractivity (Wildman–Crippen MR) is 149 cm³/mol. The third-order valence-electron chi connectivity index (χ3n) is 7.82. The summed E-state index contributed by atoms with van der Waals surface area (Å²) >= 11 is 0. The Bertz CT molecular complexity index is 1130. The first-order valence-electron chi connectivity index (χ1n) is 13.6. The topological polar surface area (TPSA) is 51.7 Å². The molecular weight excluding hydrogens is 446 g/mol. The summed E-state index contributed by atoms with van der Waals surface area (Å²) in [6.45, 7) is 9.11. The highest BCUT2D eigenvalue weighted by atomic mass is 16.1. The van der Waals surface area contributed by atoms with Crippen LogP contribution in [0.1, 0.15) is 49.4 Å². The Morgan fingerprint density at radius 2 is 1.61 bits per heavy atom. The molecule has 2 aliphatic rings. The maximum atomic E-state index is 13.0. The molecule has 0 spiro atoms. The van der Waals surface area contributed by atoms with Crippen LogP contribution in [0.2, 0.25) is 0 Å². The van der Waals surface area contributed by atoms with Crippen molar-refractivity contribution in [3.63, 3.8) is 0 Å². The van der Waals surface area contributed by atoms with Crippen LogP contribution in [0.4, 0.5) is 11.5 Å². The lowest BCUT2D eigenvalue weighted by molar-refractivity contribution is 0.0948. The van der Waals surface area contributed by atoms with Crippen molar-refractivity contribution in [1.29, 1.82) is 0 Å². The van der Waals surface area contributed by atoms with Crippen molar-refractivity contribution in [3.05, 3.63) is 66.4 Å². The van der Waals surface area contributed by atoms with E-state index in [-0.39, 0.29) is 5.91 Å². The molecular formula is C30H39N5O. The molecule has 1 amide bonds. The van der Waals surface area contributed by atoms with E-state index in [1.165, 1.54) is 44.5 Å². The number of aromatic nitrogens is 1. The summed E-state index contributed by atoms with van der Waals surface area (Å²) in [5.74, 6) is 0.980. The molecule has 1 N–H and O–H groups in total. The fraction of sp³-hybridized carbons (Fsp3) is 0.467. The molecule has 2 saturated heterocycles. The van der Waals surface area contributed by atoms with Gasteiger partial charge in [-0.3, -0.25) is 4.79 Å². The molecule has 36 heavy (non-hydrogen) atoms. The first-order valence-corrected chi connectivity index (χ1v) is 13.6. The van der Waals surface area contributed by atoms with Crippen LogP contribution in [0, 0.1) is 0 Å². The van der Waals surface area contributed by atoms with E-state index in [1.807, 2.05) is 24.4 Å². The van der Waals surface area contributed by atoms with Gasteiger partial charge in [-0.25, -0.2) is 4.98 Å². The molecule has 2 fully saturated rings. The minimum atomic E-state index is 0.00339. The Morgan fingerprint density at radius 3 is 2.36 bits per heavy atom. The molecule has 6 nitrogen and oxygen atoms in total. The number of hydrogen-bond donors (Lipinski definition) is 1. The van der Waals surface area contributed by atoms with Crippen LogP contribution in [0.5, 0.6) is 0 Å².